The Morgan fingerprint density at radius 1 is 1.14 bits per heavy atom. The van der Waals surface area contributed by atoms with Gasteiger partial charge in [0.15, 0.2) is 5.82 Å². The second-order valence-electron chi connectivity index (χ2n) is 8.10. The molecule has 1 amide bonds. The summed E-state index contributed by atoms with van der Waals surface area (Å²) >= 11 is -1.49. The number of aromatic nitrogens is 3. The van der Waals surface area contributed by atoms with Crippen molar-refractivity contribution in [2.45, 2.75) is 34.1 Å². The molecule has 0 saturated heterocycles. The fourth-order valence-electron chi connectivity index (χ4n) is 3.34. The Morgan fingerprint density at radius 2 is 1.89 bits per heavy atom. The number of pyridine rings is 1. The van der Waals surface area contributed by atoms with E-state index < -0.39 is 23.1 Å². The highest BCUT2D eigenvalue weighted by Crippen LogP contribution is 2.35. The van der Waals surface area contributed by atoms with Crippen LogP contribution in [0, 0.1) is 26.6 Å². The Kier molecular flexibility index (Phi) is 9.02. The van der Waals surface area contributed by atoms with Crippen LogP contribution in [-0.4, -0.2) is 45.3 Å². The monoisotopic (exact) mass is 515 g/mol. The molecular weight excluding hydrogens is 485 g/mol. The Hall–Kier alpha value is -3.48. The molecule has 3 N–H and O–H groups in total. The van der Waals surface area contributed by atoms with Gasteiger partial charge in [0, 0.05) is 24.0 Å². The predicted octanol–water partition coefficient (Wildman–Crippen LogP) is 4.22. The highest BCUT2D eigenvalue weighted by Gasteiger charge is 2.23. The number of carbonyl (C=O) groups excluding carboxylic acids is 1. The number of nitrogens with zero attached hydrogens (tertiary/aromatic N) is 4. The lowest BCUT2D eigenvalue weighted by atomic mass is 10.1. The predicted molar refractivity (Wildman–Crippen MR) is 140 cm³/mol. The average molecular weight is 516 g/mol. The molecule has 1 aromatic carbocycles. The number of amides is 1. The van der Waals surface area contributed by atoms with Gasteiger partial charge in [-0.15, -0.1) is 0 Å². The van der Waals surface area contributed by atoms with Crippen LogP contribution in [0.4, 0.5) is 33.1 Å². The van der Waals surface area contributed by atoms with Gasteiger partial charge < -0.3 is 15.2 Å². The van der Waals surface area contributed by atoms with Crippen LogP contribution in [-0.2, 0) is 16.2 Å². The third-order valence-electron chi connectivity index (χ3n) is 5.12. The molecule has 3 aromatic rings. The van der Waals surface area contributed by atoms with Crippen LogP contribution in [0.5, 0.6) is 0 Å². The molecule has 0 aliphatic heterocycles. The molecule has 3 rings (SSSR count). The Labute approximate surface area is 213 Å². The number of aryl methyl sites for hydroxylation is 3. The maximum Gasteiger partial charge on any atom is 0.278 e. The zero-order valence-corrected chi connectivity index (χ0v) is 21.9. The molecule has 0 aliphatic carbocycles. The quantitative estimate of drug-likeness (QED) is 0.206. The van der Waals surface area contributed by atoms with Crippen molar-refractivity contribution in [2.24, 2.45) is 0 Å². The minimum atomic E-state index is -1.49. The fourth-order valence-corrected chi connectivity index (χ4v) is 3.78. The number of rotatable bonds is 10. The number of carbonyl (C=O) groups is 1. The van der Waals surface area contributed by atoms with Crippen LogP contribution in [0.15, 0.2) is 30.5 Å². The molecule has 0 radical (unpaired) electrons. The van der Waals surface area contributed by atoms with Gasteiger partial charge in [-0.05, 0) is 38.8 Å². The minimum Gasteiger partial charge on any atom is -0.593 e. The molecule has 10 nitrogen and oxygen atoms in total. The van der Waals surface area contributed by atoms with E-state index in [1.54, 1.807) is 38.1 Å². The summed E-state index contributed by atoms with van der Waals surface area (Å²) in [7, 11) is 1.53. The van der Waals surface area contributed by atoms with Gasteiger partial charge in [0.25, 0.3) is 5.91 Å². The van der Waals surface area contributed by atoms with Crippen LogP contribution in [0.2, 0.25) is 0 Å². The molecule has 192 valence electrons. The van der Waals surface area contributed by atoms with Crippen molar-refractivity contribution in [3.05, 3.63) is 58.9 Å². The number of hydrogen-bond acceptors (Lipinski definition) is 9. The van der Waals surface area contributed by atoms with Gasteiger partial charge in [-0.3, -0.25) is 9.63 Å². The topological polar surface area (TPSA) is 127 Å². The van der Waals surface area contributed by atoms with Gasteiger partial charge in [-0.1, -0.05) is 13.0 Å². The lowest BCUT2D eigenvalue weighted by Crippen LogP contribution is -2.27. The molecule has 0 fully saturated rings. The average Bonchev–Trinajstić information content (AvgIpc) is 2.81. The van der Waals surface area contributed by atoms with Gasteiger partial charge in [0.05, 0.1) is 42.0 Å². The first kappa shape index (κ1) is 27.1. The molecule has 0 spiro atoms. The fraction of sp³-hybridized carbons (Fsp3) is 0.333. The summed E-state index contributed by atoms with van der Waals surface area (Å²) < 4.78 is 28.6. The lowest BCUT2D eigenvalue weighted by molar-refractivity contribution is 0.0315. The van der Waals surface area contributed by atoms with Crippen LogP contribution in [0.25, 0.3) is 0 Å². The zero-order valence-electron chi connectivity index (χ0n) is 21.1. The van der Waals surface area contributed by atoms with Gasteiger partial charge in [-0.2, -0.15) is 4.31 Å². The largest absolute Gasteiger partial charge is 0.593 e. The zero-order chi connectivity index (χ0) is 26.4. The van der Waals surface area contributed by atoms with E-state index in [9.17, 15) is 9.35 Å². The summed E-state index contributed by atoms with van der Waals surface area (Å²) in [5.74, 6) is 0.470. The highest BCUT2D eigenvalue weighted by atomic mass is 32.2. The molecule has 12 heteroatoms. The van der Waals surface area contributed by atoms with Gasteiger partial charge in [0.1, 0.15) is 29.4 Å². The van der Waals surface area contributed by atoms with Crippen molar-refractivity contribution in [2.75, 3.05) is 34.8 Å². The Balaban J connectivity index is 2.05. The van der Waals surface area contributed by atoms with Crippen molar-refractivity contribution < 1.29 is 18.6 Å². The van der Waals surface area contributed by atoms with E-state index in [4.69, 9.17) is 4.84 Å². The lowest BCUT2D eigenvalue weighted by Gasteiger charge is -2.24. The molecule has 0 saturated carbocycles. The summed E-state index contributed by atoms with van der Waals surface area (Å²) in [6.07, 6.45) is 3.55. The Morgan fingerprint density at radius 3 is 2.56 bits per heavy atom. The summed E-state index contributed by atoms with van der Waals surface area (Å²) in [6, 6.07) is 6.63. The summed E-state index contributed by atoms with van der Waals surface area (Å²) in [4.78, 5) is 31.0. The second kappa shape index (κ2) is 12.0. The van der Waals surface area contributed by atoms with E-state index >= 15 is 4.39 Å². The van der Waals surface area contributed by atoms with E-state index in [0.717, 1.165) is 12.1 Å². The molecule has 36 heavy (non-hydrogen) atoms. The normalized spacial score (nSPS) is 11.7. The van der Waals surface area contributed by atoms with E-state index in [2.05, 4.69) is 31.1 Å². The second-order valence-corrected chi connectivity index (χ2v) is 9.50. The van der Waals surface area contributed by atoms with Crippen molar-refractivity contribution in [3.8, 4) is 0 Å². The first-order valence-corrected chi connectivity index (χ1v) is 12.8. The summed E-state index contributed by atoms with van der Waals surface area (Å²) in [5.41, 5.74) is 4.49. The SMILES string of the molecule is CCCONC(=O)c1cnc(Nc2cc(C)nc(C)n2)cc1Nc1ccc(C)c(F)c1N(C)[S+](C)[O-]. The third-order valence-corrected chi connectivity index (χ3v) is 6.07. The first-order valence-electron chi connectivity index (χ1n) is 11.3. The van der Waals surface area contributed by atoms with Crippen LogP contribution in [0.1, 0.15) is 40.8 Å². The van der Waals surface area contributed by atoms with Gasteiger partial charge >= 0.3 is 0 Å². The van der Waals surface area contributed by atoms with Crippen LogP contribution in [0.3, 0.4) is 0 Å². The third kappa shape index (κ3) is 6.59. The standard InChI is InChI=1S/C24H30FN7O3S/c1-7-10-35-31-24(33)17-13-26-20(30-21-11-15(3)27-16(4)28-21)12-19(17)29-18-9-8-14(2)22(25)23(18)32(5)36(6)34/h8-9,11-13H,7,10H2,1-6H3,(H,31,33)(H2,26,27,28,29,30). The molecule has 0 aliphatic rings. The molecular formula is C24H30FN7O3S. The van der Waals surface area contributed by atoms with E-state index in [0.29, 0.717) is 41.0 Å². The number of benzene rings is 1. The summed E-state index contributed by atoms with van der Waals surface area (Å²) in [6.45, 7) is 7.52. The maximum absolute atomic E-state index is 15.1. The molecule has 1 unspecified atom stereocenters. The molecule has 1 atom stereocenters. The van der Waals surface area contributed by atoms with Crippen molar-refractivity contribution in [1.29, 1.82) is 0 Å². The molecule has 2 heterocycles. The van der Waals surface area contributed by atoms with E-state index in [1.165, 1.54) is 23.8 Å². The highest BCUT2D eigenvalue weighted by molar-refractivity contribution is 7.92. The number of halogens is 1. The van der Waals surface area contributed by atoms with Crippen molar-refractivity contribution >= 4 is 46.0 Å². The van der Waals surface area contributed by atoms with Gasteiger partial charge in [-0.25, -0.2) is 24.8 Å². The number of hydroxylamine groups is 1. The molecule has 0 bridgehead atoms. The van der Waals surface area contributed by atoms with E-state index in [-0.39, 0.29) is 11.3 Å². The number of nitrogens with one attached hydrogen (secondary N) is 3. The van der Waals surface area contributed by atoms with Crippen molar-refractivity contribution in [3.63, 3.8) is 0 Å². The first-order chi connectivity index (χ1) is 17.1. The number of anilines is 5. The maximum atomic E-state index is 15.1. The van der Waals surface area contributed by atoms with E-state index in [1.807, 2.05) is 13.8 Å². The Bertz CT molecular complexity index is 1220. The smallest absolute Gasteiger partial charge is 0.278 e. The molecule has 2 aromatic heterocycles. The van der Waals surface area contributed by atoms with Crippen LogP contribution < -0.4 is 20.4 Å². The number of hydrogen-bond donors (Lipinski definition) is 3. The van der Waals surface area contributed by atoms with Gasteiger partial charge in [0.2, 0.25) is 0 Å². The minimum absolute atomic E-state index is 0.109. The van der Waals surface area contributed by atoms with Crippen molar-refractivity contribution in [1.82, 2.24) is 20.4 Å². The summed E-state index contributed by atoms with van der Waals surface area (Å²) in [5, 5.41) is 6.23. The van der Waals surface area contributed by atoms with Crippen LogP contribution >= 0.6 is 0 Å².